The van der Waals surface area contributed by atoms with Gasteiger partial charge in [-0.1, -0.05) is 127 Å². The van der Waals surface area contributed by atoms with E-state index in [-0.39, 0.29) is 0 Å². The van der Waals surface area contributed by atoms with Crippen molar-refractivity contribution in [3.05, 3.63) is 188 Å². The van der Waals surface area contributed by atoms with Gasteiger partial charge in [-0.2, -0.15) is 0 Å². The average molecular weight is 746 g/mol. The van der Waals surface area contributed by atoms with Crippen molar-refractivity contribution in [1.29, 1.82) is 0 Å². The summed E-state index contributed by atoms with van der Waals surface area (Å²) in [6, 6.07) is 66.6. The number of nitrogens with zero attached hydrogens (tertiary/aromatic N) is 5. The molecule has 0 bridgehead atoms. The molecule has 5 nitrogen and oxygen atoms in total. The van der Waals surface area contributed by atoms with E-state index < -0.39 is 0 Å². The van der Waals surface area contributed by atoms with Gasteiger partial charge in [-0.3, -0.25) is 0 Å². The fourth-order valence-corrected chi connectivity index (χ4v) is 9.81. The molecule has 0 saturated carbocycles. The summed E-state index contributed by atoms with van der Waals surface area (Å²) in [5.41, 5.74) is 9.83. The summed E-state index contributed by atoms with van der Waals surface area (Å²) in [6.07, 6.45) is 0. The summed E-state index contributed by atoms with van der Waals surface area (Å²) in [7, 11) is 0. The van der Waals surface area contributed by atoms with Crippen LogP contribution in [0.25, 0.3) is 109 Å². The standard InChI is InChI=1S/C51H31N5S/c1-3-13-32(14-4-1)49-52-50(33-15-5-2-6-16-33)54-51(53-49)34-23-25-35(26-24-34)55-43-20-10-8-18-38(43)42-31-36(27-30-45(42)55)56-44-21-11-7-17-37(44)40-28-29-41-39-19-9-12-22-46(39)57-48(41)47(40)56/h1-31H. The van der Waals surface area contributed by atoms with Gasteiger partial charge in [0.15, 0.2) is 17.5 Å². The minimum Gasteiger partial charge on any atom is -0.309 e. The minimum atomic E-state index is 0.639. The molecule has 4 aromatic heterocycles. The topological polar surface area (TPSA) is 48.5 Å². The monoisotopic (exact) mass is 745 g/mol. The Bertz CT molecular complexity index is 3450. The lowest BCUT2D eigenvalue weighted by Gasteiger charge is -2.12. The quantitative estimate of drug-likeness (QED) is 0.176. The molecule has 8 aromatic carbocycles. The van der Waals surface area contributed by atoms with Gasteiger partial charge in [0.25, 0.3) is 0 Å². The van der Waals surface area contributed by atoms with Crippen LogP contribution in [0.4, 0.5) is 0 Å². The van der Waals surface area contributed by atoms with Gasteiger partial charge in [-0.05, 0) is 60.7 Å². The summed E-state index contributed by atoms with van der Waals surface area (Å²) >= 11 is 1.88. The Morgan fingerprint density at radius 3 is 1.49 bits per heavy atom. The third kappa shape index (κ3) is 4.98. The van der Waals surface area contributed by atoms with Crippen molar-refractivity contribution in [3.63, 3.8) is 0 Å². The van der Waals surface area contributed by atoms with E-state index in [9.17, 15) is 0 Å². The summed E-state index contributed by atoms with van der Waals surface area (Å²) in [6.45, 7) is 0. The molecule has 0 amide bonds. The van der Waals surface area contributed by atoms with Crippen molar-refractivity contribution in [2.75, 3.05) is 0 Å². The second kappa shape index (κ2) is 12.6. The Balaban J connectivity index is 1.02. The van der Waals surface area contributed by atoms with E-state index in [0.29, 0.717) is 17.5 Å². The summed E-state index contributed by atoms with van der Waals surface area (Å²) in [4.78, 5) is 14.8. The van der Waals surface area contributed by atoms with Crippen LogP contribution < -0.4 is 0 Å². The molecule has 266 valence electrons. The maximum absolute atomic E-state index is 4.97. The highest BCUT2D eigenvalue weighted by Gasteiger charge is 2.20. The zero-order chi connectivity index (χ0) is 37.5. The molecule has 12 rings (SSSR count). The number of fused-ring (bicyclic) bond motifs is 10. The van der Waals surface area contributed by atoms with E-state index in [4.69, 9.17) is 15.0 Å². The maximum Gasteiger partial charge on any atom is 0.164 e. The number of rotatable bonds is 5. The first kappa shape index (κ1) is 31.9. The number of para-hydroxylation sites is 2. The Morgan fingerprint density at radius 1 is 0.333 bits per heavy atom. The van der Waals surface area contributed by atoms with Crippen LogP contribution >= 0.6 is 11.3 Å². The number of hydrogen-bond donors (Lipinski definition) is 0. The molecule has 0 atom stereocenters. The summed E-state index contributed by atoms with van der Waals surface area (Å²) < 4.78 is 7.47. The van der Waals surface area contributed by atoms with E-state index in [0.717, 1.165) is 39.1 Å². The van der Waals surface area contributed by atoms with Crippen LogP contribution in [-0.4, -0.2) is 24.1 Å². The Kier molecular flexibility index (Phi) is 7.03. The van der Waals surface area contributed by atoms with Crippen LogP contribution in [0.3, 0.4) is 0 Å². The third-order valence-electron chi connectivity index (χ3n) is 11.2. The van der Waals surface area contributed by atoms with Crippen molar-refractivity contribution in [1.82, 2.24) is 24.1 Å². The van der Waals surface area contributed by atoms with Crippen LogP contribution in [0.1, 0.15) is 0 Å². The zero-order valence-electron chi connectivity index (χ0n) is 30.5. The molecule has 0 radical (unpaired) electrons. The van der Waals surface area contributed by atoms with Crippen molar-refractivity contribution < 1.29 is 0 Å². The van der Waals surface area contributed by atoms with E-state index >= 15 is 0 Å². The third-order valence-corrected chi connectivity index (χ3v) is 12.4. The molecule has 4 heterocycles. The molecule has 0 N–H and O–H groups in total. The van der Waals surface area contributed by atoms with E-state index in [1.165, 1.54) is 52.8 Å². The smallest absolute Gasteiger partial charge is 0.164 e. The van der Waals surface area contributed by atoms with Gasteiger partial charge in [-0.25, -0.2) is 15.0 Å². The summed E-state index contributed by atoms with van der Waals surface area (Å²) in [5, 5.41) is 7.57. The highest BCUT2D eigenvalue weighted by atomic mass is 32.1. The Labute approximate surface area is 331 Å². The first-order valence-electron chi connectivity index (χ1n) is 19.1. The lowest BCUT2D eigenvalue weighted by atomic mass is 10.1. The normalized spacial score (nSPS) is 11.9. The van der Waals surface area contributed by atoms with Crippen LogP contribution in [0, 0.1) is 0 Å². The second-order valence-corrected chi connectivity index (χ2v) is 15.5. The number of hydrogen-bond acceptors (Lipinski definition) is 4. The van der Waals surface area contributed by atoms with Crippen molar-refractivity contribution in [2.24, 2.45) is 0 Å². The first-order chi connectivity index (χ1) is 28.3. The molecule has 0 fully saturated rings. The van der Waals surface area contributed by atoms with E-state index in [1.54, 1.807) is 0 Å². The van der Waals surface area contributed by atoms with Gasteiger partial charge in [0.05, 0.1) is 26.8 Å². The van der Waals surface area contributed by atoms with E-state index in [1.807, 2.05) is 72.0 Å². The van der Waals surface area contributed by atoms with Crippen LogP contribution in [0.5, 0.6) is 0 Å². The Hall–Kier alpha value is -7.41. The predicted octanol–water partition coefficient (Wildman–Crippen LogP) is 13.4. The van der Waals surface area contributed by atoms with Crippen molar-refractivity contribution >= 4 is 75.1 Å². The molecule has 0 spiro atoms. The summed E-state index contributed by atoms with van der Waals surface area (Å²) in [5.74, 6) is 1.94. The predicted molar refractivity (Wildman–Crippen MR) is 238 cm³/mol. The molecule has 0 aliphatic rings. The fourth-order valence-electron chi connectivity index (χ4n) is 8.57. The maximum atomic E-state index is 4.97. The largest absolute Gasteiger partial charge is 0.309 e. The molecule has 12 aromatic rings. The zero-order valence-corrected chi connectivity index (χ0v) is 31.4. The number of thiophene rings is 1. The van der Waals surface area contributed by atoms with Gasteiger partial charge in [0.1, 0.15) is 0 Å². The van der Waals surface area contributed by atoms with Crippen molar-refractivity contribution in [2.45, 2.75) is 0 Å². The molecule has 0 saturated heterocycles. The van der Waals surface area contributed by atoms with Crippen LogP contribution in [-0.2, 0) is 0 Å². The minimum absolute atomic E-state index is 0.639. The number of benzene rings is 8. The SMILES string of the molecule is c1ccc(-c2nc(-c3ccccc3)nc(-c3ccc(-n4c5ccccc5c5cc(-n6c7ccccc7c7ccc8c9ccccc9sc8c76)ccc54)cc3)n2)cc1. The van der Waals surface area contributed by atoms with Gasteiger partial charge < -0.3 is 9.13 Å². The van der Waals surface area contributed by atoms with Crippen LogP contribution in [0.15, 0.2) is 188 Å². The van der Waals surface area contributed by atoms with Gasteiger partial charge in [-0.15, -0.1) is 11.3 Å². The molecule has 6 heteroatoms. The van der Waals surface area contributed by atoms with Gasteiger partial charge >= 0.3 is 0 Å². The van der Waals surface area contributed by atoms with Crippen molar-refractivity contribution in [3.8, 4) is 45.5 Å². The lowest BCUT2D eigenvalue weighted by Crippen LogP contribution is -2.00. The highest BCUT2D eigenvalue weighted by Crippen LogP contribution is 2.44. The fraction of sp³-hybridized carbons (Fsp3) is 0. The number of aromatic nitrogens is 5. The average Bonchev–Trinajstić information content (AvgIpc) is 3.95. The van der Waals surface area contributed by atoms with E-state index in [2.05, 4.69) is 137 Å². The van der Waals surface area contributed by atoms with Gasteiger partial charge in [0.2, 0.25) is 0 Å². The first-order valence-corrected chi connectivity index (χ1v) is 19.9. The lowest BCUT2D eigenvalue weighted by molar-refractivity contribution is 1.07. The van der Waals surface area contributed by atoms with Crippen LogP contribution in [0.2, 0.25) is 0 Å². The molecule has 0 aliphatic heterocycles. The Morgan fingerprint density at radius 2 is 0.825 bits per heavy atom. The molecule has 57 heavy (non-hydrogen) atoms. The second-order valence-electron chi connectivity index (χ2n) is 14.4. The van der Waals surface area contributed by atoms with Gasteiger partial charge in [0, 0.05) is 65.1 Å². The highest BCUT2D eigenvalue weighted by molar-refractivity contribution is 7.26. The molecular weight excluding hydrogens is 715 g/mol. The molecule has 0 unspecified atom stereocenters. The molecular formula is C51H31N5S. The molecule has 0 aliphatic carbocycles.